The average Bonchev–Trinajstić information content (AvgIpc) is 3.20. The second-order valence-electron chi connectivity index (χ2n) is 7.53. The van der Waals surface area contributed by atoms with Crippen LogP contribution in [0, 0.1) is 13.8 Å². The number of nitrogens with zero attached hydrogens (tertiary/aromatic N) is 2. The van der Waals surface area contributed by atoms with Gasteiger partial charge in [-0.25, -0.2) is 4.79 Å². The fourth-order valence-corrected chi connectivity index (χ4v) is 4.83. The molecule has 33 heavy (non-hydrogen) atoms. The molecule has 2 amide bonds. The van der Waals surface area contributed by atoms with Crippen molar-refractivity contribution in [2.24, 2.45) is 0 Å². The molecular weight excluding hydrogens is 483 g/mol. The number of rotatable bonds is 5. The lowest BCUT2D eigenvalue weighted by molar-refractivity contribution is -0.123. The number of thioether (sulfide) groups is 1. The first-order chi connectivity index (χ1) is 15.7. The summed E-state index contributed by atoms with van der Waals surface area (Å²) < 4.78 is 1.97. The summed E-state index contributed by atoms with van der Waals surface area (Å²) in [5.41, 5.74) is 4.30. The Kier molecular flexibility index (Phi) is 6.38. The zero-order chi connectivity index (χ0) is 23.9. The number of hydrogen-bond acceptors (Lipinski definition) is 4. The number of aryl methyl sites for hydroxylation is 1. The van der Waals surface area contributed by atoms with Gasteiger partial charge in [-0.05, 0) is 85.3 Å². The van der Waals surface area contributed by atoms with Gasteiger partial charge in [0.2, 0.25) is 0 Å². The third kappa shape index (κ3) is 4.57. The number of hydrogen-bond donors (Lipinski definition) is 1. The van der Waals surface area contributed by atoms with Crippen LogP contribution in [0.15, 0.2) is 53.4 Å². The Bertz CT molecular complexity index is 1330. The van der Waals surface area contributed by atoms with E-state index in [1.165, 1.54) is 4.90 Å². The molecule has 4 rings (SSSR count). The van der Waals surface area contributed by atoms with Gasteiger partial charge in [0.25, 0.3) is 11.1 Å². The van der Waals surface area contributed by atoms with Crippen LogP contribution >= 0.6 is 35.0 Å². The molecule has 6 nitrogen and oxygen atoms in total. The van der Waals surface area contributed by atoms with Crippen molar-refractivity contribution in [1.29, 1.82) is 0 Å². The summed E-state index contributed by atoms with van der Waals surface area (Å²) >= 11 is 12.9. The molecule has 1 aromatic heterocycles. The first-order valence-corrected chi connectivity index (χ1v) is 11.4. The maximum absolute atomic E-state index is 12.9. The Balaban J connectivity index is 1.61. The lowest BCUT2D eigenvalue weighted by Gasteiger charge is -2.13. The van der Waals surface area contributed by atoms with Crippen LogP contribution in [0.1, 0.15) is 32.9 Å². The molecule has 0 radical (unpaired) electrons. The van der Waals surface area contributed by atoms with Gasteiger partial charge in [0, 0.05) is 17.1 Å². The highest BCUT2D eigenvalue weighted by Gasteiger charge is 2.35. The number of aromatic carboxylic acids is 1. The van der Waals surface area contributed by atoms with Gasteiger partial charge in [0.05, 0.1) is 27.1 Å². The number of aromatic nitrogens is 1. The summed E-state index contributed by atoms with van der Waals surface area (Å²) in [6, 6.07) is 13.5. The molecule has 1 N–H and O–H groups in total. The second kappa shape index (κ2) is 9.09. The summed E-state index contributed by atoms with van der Waals surface area (Å²) in [7, 11) is 0. The minimum atomic E-state index is -0.986. The number of halogens is 2. The third-order valence-electron chi connectivity index (χ3n) is 5.33. The lowest BCUT2D eigenvalue weighted by atomic mass is 10.2. The van der Waals surface area contributed by atoms with Gasteiger partial charge in [0.1, 0.15) is 0 Å². The molecular formula is C24H18Cl2N2O4S. The number of imide groups is 1. The van der Waals surface area contributed by atoms with Gasteiger partial charge in [-0.1, -0.05) is 29.3 Å². The molecule has 0 spiro atoms. The summed E-state index contributed by atoms with van der Waals surface area (Å²) in [5.74, 6) is -1.36. The minimum absolute atomic E-state index is 0.105. The molecule has 1 fully saturated rings. The average molecular weight is 501 g/mol. The van der Waals surface area contributed by atoms with E-state index in [2.05, 4.69) is 0 Å². The van der Waals surface area contributed by atoms with Crippen LogP contribution in [-0.2, 0) is 11.3 Å². The van der Waals surface area contributed by atoms with Crippen LogP contribution in [0.2, 0.25) is 10.0 Å². The monoisotopic (exact) mass is 500 g/mol. The predicted octanol–water partition coefficient (Wildman–Crippen LogP) is 6.34. The van der Waals surface area contributed by atoms with E-state index in [0.717, 1.165) is 34.4 Å². The molecule has 0 bridgehead atoms. The number of carboxylic acid groups (broad SMARTS) is 1. The SMILES string of the molecule is Cc1cc(/C=C2/SC(=O)N(Cc3ccc(Cl)c(Cl)c3)C2=O)c(C)n1-c1ccc(C(=O)O)cc1. The Morgan fingerprint density at radius 1 is 1.03 bits per heavy atom. The fourth-order valence-electron chi connectivity index (χ4n) is 3.68. The van der Waals surface area contributed by atoms with Crippen molar-refractivity contribution in [3.63, 3.8) is 0 Å². The number of carbonyl (C=O) groups excluding carboxylic acids is 2. The predicted molar refractivity (Wildman–Crippen MR) is 130 cm³/mol. The first kappa shape index (κ1) is 23.2. The van der Waals surface area contributed by atoms with Crippen LogP contribution in [0.5, 0.6) is 0 Å². The lowest BCUT2D eigenvalue weighted by Crippen LogP contribution is -2.27. The summed E-state index contributed by atoms with van der Waals surface area (Å²) in [6.45, 7) is 3.93. The fraction of sp³-hybridized carbons (Fsp3) is 0.125. The first-order valence-electron chi connectivity index (χ1n) is 9.87. The van der Waals surface area contributed by atoms with Crippen molar-refractivity contribution in [1.82, 2.24) is 9.47 Å². The molecule has 2 aromatic carbocycles. The molecule has 1 saturated heterocycles. The van der Waals surface area contributed by atoms with Gasteiger partial charge < -0.3 is 9.67 Å². The van der Waals surface area contributed by atoms with E-state index in [4.69, 9.17) is 28.3 Å². The van der Waals surface area contributed by atoms with Crippen molar-refractivity contribution >= 4 is 58.2 Å². The number of benzene rings is 2. The molecule has 0 aliphatic carbocycles. The minimum Gasteiger partial charge on any atom is -0.478 e. The maximum atomic E-state index is 12.9. The Labute approximate surface area is 204 Å². The highest BCUT2D eigenvalue weighted by Crippen LogP contribution is 2.35. The maximum Gasteiger partial charge on any atom is 0.335 e. The van der Waals surface area contributed by atoms with Crippen LogP contribution < -0.4 is 0 Å². The molecule has 0 atom stereocenters. The molecule has 3 aromatic rings. The van der Waals surface area contributed by atoms with E-state index in [-0.39, 0.29) is 23.3 Å². The smallest absolute Gasteiger partial charge is 0.335 e. The van der Waals surface area contributed by atoms with Crippen molar-refractivity contribution in [2.45, 2.75) is 20.4 Å². The standard InChI is InChI=1S/C24H18Cl2N2O4S/c1-13-9-17(14(2)28(13)18-6-4-16(5-7-18)23(30)31)11-21-22(29)27(24(32)33-21)12-15-3-8-19(25)20(26)10-15/h3-11H,12H2,1-2H3,(H,30,31)/b21-11+. The van der Waals surface area contributed by atoms with Crippen LogP contribution in [-0.4, -0.2) is 31.7 Å². The molecule has 168 valence electrons. The van der Waals surface area contributed by atoms with Gasteiger partial charge in [-0.2, -0.15) is 0 Å². The summed E-state index contributed by atoms with van der Waals surface area (Å²) in [6.07, 6.45) is 1.71. The Morgan fingerprint density at radius 3 is 2.36 bits per heavy atom. The van der Waals surface area contributed by atoms with Crippen LogP contribution in [0.3, 0.4) is 0 Å². The van der Waals surface area contributed by atoms with Crippen molar-refractivity contribution in [2.75, 3.05) is 0 Å². The van der Waals surface area contributed by atoms with Crippen LogP contribution in [0.25, 0.3) is 11.8 Å². The number of carbonyl (C=O) groups is 3. The highest BCUT2D eigenvalue weighted by molar-refractivity contribution is 8.18. The van der Waals surface area contributed by atoms with E-state index in [9.17, 15) is 14.4 Å². The van der Waals surface area contributed by atoms with E-state index in [1.807, 2.05) is 24.5 Å². The molecule has 9 heteroatoms. The van der Waals surface area contributed by atoms with Crippen molar-refractivity contribution in [3.8, 4) is 5.69 Å². The normalized spacial score (nSPS) is 15.0. The quantitative estimate of drug-likeness (QED) is 0.413. The van der Waals surface area contributed by atoms with E-state index in [1.54, 1.807) is 48.5 Å². The Hall–Kier alpha value is -3.00. The highest BCUT2D eigenvalue weighted by atomic mass is 35.5. The van der Waals surface area contributed by atoms with E-state index >= 15 is 0 Å². The zero-order valence-electron chi connectivity index (χ0n) is 17.6. The van der Waals surface area contributed by atoms with E-state index < -0.39 is 5.97 Å². The summed E-state index contributed by atoms with van der Waals surface area (Å²) in [4.78, 5) is 38.1. The third-order valence-corrected chi connectivity index (χ3v) is 6.97. The molecule has 0 saturated carbocycles. The largest absolute Gasteiger partial charge is 0.478 e. The van der Waals surface area contributed by atoms with Gasteiger partial charge in [-0.3, -0.25) is 14.5 Å². The Morgan fingerprint density at radius 2 is 1.73 bits per heavy atom. The van der Waals surface area contributed by atoms with Gasteiger partial charge >= 0.3 is 5.97 Å². The van der Waals surface area contributed by atoms with Gasteiger partial charge in [-0.15, -0.1) is 0 Å². The zero-order valence-corrected chi connectivity index (χ0v) is 20.0. The van der Waals surface area contributed by atoms with E-state index in [0.29, 0.717) is 20.5 Å². The van der Waals surface area contributed by atoms with Crippen molar-refractivity contribution < 1.29 is 19.5 Å². The van der Waals surface area contributed by atoms with Crippen molar-refractivity contribution in [3.05, 3.63) is 91.6 Å². The molecule has 1 aliphatic rings. The summed E-state index contributed by atoms with van der Waals surface area (Å²) in [5, 5.41) is 9.53. The molecule has 1 aliphatic heterocycles. The number of carboxylic acids is 1. The molecule has 0 unspecified atom stereocenters. The van der Waals surface area contributed by atoms with Gasteiger partial charge in [0.15, 0.2) is 0 Å². The topological polar surface area (TPSA) is 79.6 Å². The number of amides is 2. The molecule has 2 heterocycles. The van der Waals surface area contributed by atoms with Crippen LogP contribution in [0.4, 0.5) is 4.79 Å². The second-order valence-corrected chi connectivity index (χ2v) is 9.34.